The van der Waals surface area contributed by atoms with E-state index in [2.05, 4.69) is 36.8 Å². The highest BCUT2D eigenvalue weighted by atomic mass is 79.9. The van der Waals surface area contributed by atoms with Crippen molar-refractivity contribution in [3.63, 3.8) is 0 Å². The highest BCUT2D eigenvalue weighted by Crippen LogP contribution is 2.29. The molecule has 0 aliphatic rings. The van der Waals surface area contributed by atoms with Crippen molar-refractivity contribution >= 4 is 73.0 Å². The molecule has 0 saturated heterocycles. The van der Waals surface area contributed by atoms with E-state index >= 15 is 0 Å². The number of halogens is 3. The Morgan fingerprint density at radius 1 is 1.27 bits per heavy atom. The second-order valence-electron chi connectivity index (χ2n) is 4.97. The van der Waals surface area contributed by atoms with Crippen LogP contribution < -0.4 is 10.6 Å². The molecule has 26 heavy (non-hydrogen) atoms. The first-order valence-corrected chi connectivity index (χ1v) is 10.2. The van der Waals surface area contributed by atoms with Gasteiger partial charge in [0, 0.05) is 10.2 Å². The zero-order valence-corrected chi connectivity index (χ0v) is 17.0. The predicted octanol–water partition coefficient (Wildman–Crippen LogP) is 5.57. The Hall–Kier alpha value is -1.68. The molecular formula is C16H11BrClFN4OS2. The van der Waals surface area contributed by atoms with Crippen LogP contribution in [0, 0.1) is 5.82 Å². The summed E-state index contributed by atoms with van der Waals surface area (Å²) in [5, 5.41) is 14.7. The van der Waals surface area contributed by atoms with E-state index in [0.29, 0.717) is 15.2 Å². The number of thioether (sulfide) groups is 1. The SMILES string of the molecule is O=C(CSc1nnc(Nc2cccc(Br)c2)s1)Nc1ccc(F)cc1Cl. The van der Waals surface area contributed by atoms with Crippen molar-refractivity contribution in [2.75, 3.05) is 16.4 Å². The molecule has 1 heterocycles. The van der Waals surface area contributed by atoms with Gasteiger partial charge in [-0.25, -0.2) is 4.39 Å². The molecule has 5 nitrogen and oxygen atoms in total. The van der Waals surface area contributed by atoms with Gasteiger partial charge in [-0.15, -0.1) is 10.2 Å². The summed E-state index contributed by atoms with van der Waals surface area (Å²) >= 11 is 11.9. The molecule has 3 rings (SSSR count). The molecule has 134 valence electrons. The lowest BCUT2D eigenvalue weighted by Crippen LogP contribution is -2.14. The Balaban J connectivity index is 1.53. The van der Waals surface area contributed by atoms with Gasteiger partial charge in [0.1, 0.15) is 5.82 Å². The molecule has 0 aliphatic heterocycles. The van der Waals surface area contributed by atoms with E-state index in [4.69, 9.17) is 11.6 Å². The van der Waals surface area contributed by atoms with Crippen LogP contribution in [0.5, 0.6) is 0 Å². The molecule has 0 radical (unpaired) electrons. The number of hydrogen-bond acceptors (Lipinski definition) is 6. The largest absolute Gasteiger partial charge is 0.330 e. The predicted molar refractivity (Wildman–Crippen MR) is 108 cm³/mol. The van der Waals surface area contributed by atoms with Gasteiger partial charge in [-0.1, -0.05) is 56.7 Å². The summed E-state index contributed by atoms with van der Waals surface area (Å²) in [6.07, 6.45) is 0. The molecule has 0 spiro atoms. The topological polar surface area (TPSA) is 66.9 Å². The zero-order valence-electron chi connectivity index (χ0n) is 13.0. The Morgan fingerprint density at radius 2 is 2.12 bits per heavy atom. The van der Waals surface area contributed by atoms with Gasteiger partial charge >= 0.3 is 0 Å². The molecule has 0 atom stereocenters. The smallest absolute Gasteiger partial charge is 0.234 e. The minimum atomic E-state index is -0.457. The van der Waals surface area contributed by atoms with E-state index in [1.54, 1.807) is 0 Å². The van der Waals surface area contributed by atoms with Crippen molar-refractivity contribution in [3.05, 3.63) is 57.8 Å². The number of anilines is 3. The van der Waals surface area contributed by atoms with Gasteiger partial charge in [-0.05, 0) is 36.4 Å². The van der Waals surface area contributed by atoms with Crippen molar-refractivity contribution in [3.8, 4) is 0 Å². The number of amides is 1. The van der Waals surface area contributed by atoms with Crippen molar-refractivity contribution in [1.82, 2.24) is 10.2 Å². The molecule has 1 aromatic heterocycles. The third-order valence-electron chi connectivity index (χ3n) is 3.01. The first-order valence-electron chi connectivity index (χ1n) is 7.23. The van der Waals surface area contributed by atoms with Gasteiger partial charge in [0.05, 0.1) is 16.5 Å². The summed E-state index contributed by atoms with van der Waals surface area (Å²) in [6, 6.07) is 11.5. The number of hydrogen-bond donors (Lipinski definition) is 2. The summed E-state index contributed by atoms with van der Waals surface area (Å²) in [6.45, 7) is 0. The molecular weight excluding hydrogens is 463 g/mol. The number of benzene rings is 2. The number of carbonyl (C=O) groups is 1. The quantitative estimate of drug-likeness (QED) is 0.458. The molecule has 0 aliphatic carbocycles. The average Bonchev–Trinajstić information content (AvgIpc) is 3.03. The van der Waals surface area contributed by atoms with Crippen LogP contribution >= 0.6 is 50.6 Å². The Labute approximate surface area is 170 Å². The van der Waals surface area contributed by atoms with Gasteiger partial charge in [0.15, 0.2) is 4.34 Å². The van der Waals surface area contributed by atoms with Crippen LogP contribution in [-0.4, -0.2) is 21.9 Å². The number of aromatic nitrogens is 2. The number of carbonyl (C=O) groups excluding carboxylic acids is 1. The molecule has 3 aromatic rings. The van der Waals surface area contributed by atoms with E-state index in [0.717, 1.165) is 16.2 Å². The minimum Gasteiger partial charge on any atom is -0.330 e. The van der Waals surface area contributed by atoms with Crippen LogP contribution in [-0.2, 0) is 4.79 Å². The minimum absolute atomic E-state index is 0.138. The van der Waals surface area contributed by atoms with Crippen LogP contribution in [0.4, 0.5) is 20.9 Å². The third-order valence-corrected chi connectivity index (χ3v) is 5.79. The highest BCUT2D eigenvalue weighted by Gasteiger charge is 2.10. The fraction of sp³-hybridized carbons (Fsp3) is 0.0625. The lowest BCUT2D eigenvalue weighted by molar-refractivity contribution is -0.113. The Bertz CT molecular complexity index is 940. The summed E-state index contributed by atoms with van der Waals surface area (Å²) in [7, 11) is 0. The monoisotopic (exact) mass is 472 g/mol. The Morgan fingerprint density at radius 3 is 2.88 bits per heavy atom. The van der Waals surface area contributed by atoms with Crippen molar-refractivity contribution in [2.45, 2.75) is 4.34 Å². The second kappa shape index (κ2) is 8.81. The molecule has 0 fully saturated rings. The van der Waals surface area contributed by atoms with Gasteiger partial charge in [0.25, 0.3) is 0 Å². The summed E-state index contributed by atoms with van der Waals surface area (Å²) in [5.41, 5.74) is 1.25. The molecule has 2 aromatic carbocycles. The maximum Gasteiger partial charge on any atom is 0.234 e. The molecule has 2 N–H and O–H groups in total. The lowest BCUT2D eigenvalue weighted by Gasteiger charge is -2.06. The standard InChI is InChI=1S/C16H11BrClFN4OS2/c17-9-2-1-3-11(6-9)20-15-22-23-16(26-15)25-8-14(24)21-13-5-4-10(19)7-12(13)18/h1-7H,8H2,(H,20,22)(H,21,24). The zero-order chi connectivity index (χ0) is 18.5. The second-order valence-corrected chi connectivity index (χ2v) is 8.49. The van der Waals surface area contributed by atoms with Crippen LogP contribution in [0.3, 0.4) is 0 Å². The summed E-state index contributed by atoms with van der Waals surface area (Å²) in [4.78, 5) is 12.0. The average molecular weight is 474 g/mol. The Kier molecular flexibility index (Phi) is 6.47. The summed E-state index contributed by atoms with van der Waals surface area (Å²) < 4.78 is 14.6. The number of nitrogens with zero attached hydrogens (tertiary/aromatic N) is 2. The van der Waals surface area contributed by atoms with Gasteiger partial charge in [-0.3, -0.25) is 4.79 Å². The first kappa shape index (κ1) is 19.1. The number of rotatable bonds is 6. The fourth-order valence-electron chi connectivity index (χ4n) is 1.91. The van der Waals surface area contributed by atoms with E-state index in [9.17, 15) is 9.18 Å². The molecule has 0 bridgehead atoms. The lowest BCUT2D eigenvalue weighted by atomic mass is 10.3. The van der Waals surface area contributed by atoms with Crippen LogP contribution in [0.15, 0.2) is 51.3 Å². The van der Waals surface area contributed by atoms with Crippen molar-refractivity contribution in [2.24, 2.45) is 0 Å². The van der Waals surface area contributed by atoms with Crippen molar-refractivity contribution in [1.29, 1.82) is 0 Å². The number of nitrogens with one attached hydrogen (secondary N) is 2. The summed E-state index contributed by atoms with van der Waals surface area (Å²) in [5.74, 6) is -0.582. The van der Waals surface area contributed by atoms with Crippen LogP contribution in [0.1, 0.15) is 0 Å². The van der Waals surface area contributed by atoms with Crippen LogP contribution in [0.2, 0.25) is 5.02 Å². The van der Waals surface area contributed by atoms with E-state index in [1.807, 2.05) is 24.3 Å². The highest BCUT2D eigenvalue weighted by molar-refractivity contribution is 9.10. The first-order chi connectivity index (χ1) is 12.5. The van der Waals surface area contributed by atoms with Crippen molar-refractivity contribution < 1.29 is 9.18 Å². The molecule has 1 amide bonds. The molecule has 0 saturated carbocycles. The van der Waals surface area contributed by atoms with E-state index < -0.39 is 5.82 Å². The van der Waals surface area contributed by atoms with E-state index in [-0.39, 0.29) is 16.7 Å². The fourth-order valence-corrected chi connectivity index (χ4v) is 4.10. The normalized spacial score (nSPS) is 10.6. The van der Waals surface area contributed by atoms with Crippen LogP contribution in [0.25, 0.3) is 0 Å². The third kappa shape index (κ3) is 5.41. The van der Waals surface area contributed by atoms with Gasteiger partial charge in [0.2, 0.25) is 11.0 Å². The van der Waals surface area contributed by atoms with E-state index in [1.165, 1.54) is 35.2 Å². The maximum atomic E-state index is 13.0. The maximum absolute atomic E-state index is 13.0. The molecule has 10 heteroatoms. The van der Waals surface area contributed by atoms with Gasteiger partial charge in [-0.2, -0.15) is 0 Å². The van der Waals surface area contributed by atoms with Gasteiger partial charge < -0.3 is 10.6 Å². The molecule has 0 unspecified atom stereocenters.